The lowest BCUT2D eigenvalue weighted by Crippen LogP contribution is -2.34. The summed E-state index contributed by atoms with van der Waals surface area (Å²) in [6, 6.07) is 15.7. The lowest BCUT2D eigenvalue weighted by molar-refractivity contribution is -0.00170. The first kappa shape index (κ1) is 36.9. The Bertz CT molecular complexity index is 1850. The fourth-order valence-electron chi connectivity index (χ4n) is 9.24. The van der Waals surface area contributed by atoms with Crippen molar-refractivity contribution in [1.29, 1.82) is 0 Å². The van der Waals surface area contributed by atoms with Crippen molar-refractivity contribution >= 4 is 16.7 Å². The highest BCUT2D eigenvalue weighted by molar-refractivity contribution is 6.01. The van der Waals surface area contributed by atoms with Crippen molar-refractivity contribution in [2.75, 3.05) is 0 Å². The number of nitrogens with zero attached hydrogens (tertiary/aromatic N) is 1. The van der Waals surface area contributed by atoms with E-state index in [-0.39, 0.29) is 23.2 Å². The number of aliphatic imine (C=N–C) groups is 1. The van der Waals surface area contributed by atoms with Crippen molar-refractivity contribution in [3.05, 3.63) is 125 Å². The zero-order valence-electron chi connectivity index (χ0n) is 31.4. The van der Waals surface area contributed by atoms with Gasteiger partial charge < -0.3 is 20.9 Å². The molecule has 1 aromatic carbocycles. The van der Waals surface area contributed by atoms with Crippen LogP contribution in [-0.2, 0) is 11.8 Å². The predicted molar refractivity (Wildman–Crippen MR) is 213 cm³/mol. The molecule has 2 aromatic rings. The van der Waals surface area contributed by atoms with E-state index in [4.69, 9.17) is 5.73 Å². The molecule has 2 heterocycles. The van der Waals surface area contributed by atoms with Gasteiger partial charge >= 0.3 is 0 Å². The number of fused-ring (bicyclic) bond motifs is 1. The molecule has 6 unspecified atom stereocenters. The highest BCUT2D eigenvalue weighted by atomic mass is 16.3. The summed E-state index contributed by atoms with van der Waals surface area (Å²) in [6.07, 6.45) is 14.8. The number of allylic oxidation sites excluding steroid dienone is 5. The number of H-pyrrole nitrogens is 1. The van der Waals surface area contributed by atoms with Crippen molar-refractivity contribution in [2.45, 2.75) is 97.2 Å². The van der Waals surface area contributed by atoms with Crippen LogP contribution in [0.5, 0.6) is 0 Å². The van der Waals surface area contributed by atoms with E-state index in [9.17, 15) is 10.2 Å². The monoisotopic (exact) mass is 685 g/mol. The van der Waals surface area contributed by atoms with Gasteiger partial charge in [-0.25, -0.2) is 4.99 Å². The smallest absolute Gasteiger partial charge is 0.131 e. The largest absolute Gasteiger partial charge is 0.390 e. The molecule has 2 saturated carbocycles. The van der Waals surface area contributed by atoms with E-state index in [1.54, 1.807) is 6.20 Å². The van der Waals surface area contributed by atoms with Crippen LogP contribution in [-0.4, -0.2) is 33.2 Å². The molecule has 5 heteroatoms. The van der Waals surface area contributed by atoms with Crippen LogP contribution in [0.2, 0.25) is 0 Å². The van der Waals surface area contributed by atoms with Crippen molar-refractivity contribution in [2.24, 2.45) is 52.2 Å². The van der Waals surface area contributed by atoms with Gasteiger partial charge in [-0.2, -0.15) is 0 Å². The number of aliphatic hydroxyl groups excluding tert-OH is 2. The number of amidine groups is 1. The minimum absolute atomic E-state index is 0.0411. The molecule has 0 spiro atoms. The van der Waals surface area contributed by atoms with Gasteiger partial charge in [0.2, 0.25) is 0 Å². The molecule has 4 aliphatic rings. The van der Waals surface area contributed by atoms with Gasteiger partial charge in [-0.15, -0.1) is 5.73 Å². The number of benzene rings is 1. The van der Waals surface area contributed by atoms with E-state index >= 15 is 0 Å². The number of hydrogen-bond acceptors (Lipinski definition) is 4. The Kier molecular flexibility index (Phi) is 11.1. The second kappa shape index (κ2) is 15.4. The van der Waals surface area contributed by atoms with Gasteiger partial charge in [-0.05, 0) is 138 Å². The first-order chi connectivity index (χ1) is 24.3. The molecule has 2 fully saturated rings. The third-order valence-electron chi connectivity index (χ3n) is 12.2. The van der Waals surface area contributed by atoms with Crippen molar-refractivity contribution in [1.82, 2.24) is 4.98 Å². The lowest BCUT2D eigenvalue weighted by atomic mass is 9.66. The van der Waals surface area contributed by atoms with Crippen LogP contribution in [0.3, 0.4) is 0 Å². The number of aromatic nitrogens is 1. The Morgan fingerprint density at radius 1 is 1.04 bits per heavy atom. The summed E-state index contributed by atoms with van der Waals surface area (Å²) in [7, 11) is 0. The summed E-state index contributed by atoms with van der Waals surface area (Å²) in [5.41, 5.74) is 17.5. The first-order valence-electron chi connectivity index (χ1n) is 19.1. The fraction of sp³-hybridized carbons (Fsp3) is 0.478. The van der Waals surface area contributed by atoms with Crippen LogP contribution in [0.4, 0.5) is 0 Å². The molecule has 0 saturated heterocycles. The van der Waals surface area contributed by atoms with Crippen molar-refractivity contribution in [3.63, 3.8) is 0 Å². The van der Waals surface area contributed by atoms with Crippen molar-refractivity contribution in [3.8, 4) is 0 Å². The molecule has 1 aromatic heterocycles. The molecule has 6 atom stereocenters. The summed E-state index contributed by atoms with van der Waals surface area (Å²) in [6.45, 7) is 20.4. The van der Waals surface area contributed by atoms with Gasteiger partial charge in [-0.1, -0.05) is 89.8 Å². The molecule has 1 aliphatic heterocycles. The Morgan fingerprint density at radius 3 is 2.57 bits per heavy atom. The van der Waals surface area contributed by atoms with Gasteiger partial charge in [0.25, 0.3) is 0 Å². The number of nitrogens with two attached hydrogens (primary N) is 1. The molecule has 3 aliphatic carbocycles. The molecule has 5 N–H and O–H groups in total. The fourth-order valence-corrected chi connectivity index (χ4v) is 9.24. The molecule has 6 rings (SSSR count). The second-order valence-electron chi connectivity index (χ2n) is 17.2. The van der Waals surface area contributed by atoms with E-state index in [2.05, 4.69) is 112 Å². The summed E-state index contributed by atoms with van der Waals surface area (Å²) in [5.74, 6) is 2.43. The average Bonchev–Trinajstić information content (AvgIpc) is 3.36. The number of aliphatic hydroxyl groups is 2. The standard InChI is InChI=1S/C46H59N3O2/c1-28(2)39(25-33-23-32(24-33)22-31-11-10-12-34-26-36(46(5,6)7)15-17-41(34)48-20-18-31)30(4)21-35-27-40(44(51)43(35)50)42-29(3)14-16-38-37(42)13-8-9-19-49-45(38)47/h8,10-12,14-20,26,28,32-33,35,39-40,42-44,48,50-51H,3-4,13,21-25,27H2,1-2,5-7H3,(H2,47,49). The third-order valence-corrected chi connectivity index (χ3v) is 12.2. The second-order valence-corrected chi connectivity index (χ2v) is 17.2. The van der Waals surface area contributed by atoms with E-state index in [0.29, 0.717) is 35.9 Å². The maximum Gasteiger partial charge on any atom is 0.131 e. The average molecular weight is 686 g/mol. The zero-order valence-corrected chi connectivity index (χ0v) is 31.4. The molecule has 0 bridgehead atoms. The van der Waals surface area contributed by atoms with Crippen LogP contribution in [0.25, 0.3) is 10.9 Å². The third kappa shape index (κ3) is 8.28. The maximum atomic E-state index is 11.5. The summed E-state index contributed by atoms with van der Waals surface area (Å²) in [4.78, 5) is 7.85. The van der Waals surface area contributed by atoms with Crippen LogP contribution in [0, 0.1) is 41.4 Å². The molecule has 0 radical (unpaired) electrons. The van der Waals surface area contributed by atoms with Crippen LogP contribution in [0.15, 0.2) is 119 Å². The minimum Gasteiger partial charge on any atom is -0.390 e. The van der Waals surface area contributed by atoms with E-state index in [1.165, 1.54) is 34.9 Å². The number of rotatable bonds is 9. The van der Waals surface area contributed by atoms with Crippen molar-refractivity contribution < 1.29 is 10.2 Å². The van der Waals surface area contributed by atoms with Gasteiger partial charge in [0, 0.05) is 23.2 Å². The van der Waals surface area contributed by atoms with Gasteiger partial charge in [-0.3, -0.25) is 0 Å². The topological polar surface area (TPSA) is 94.6 Å². The Balaban J connectivity index is 1.06. The number of nitrogens with one attached hydrogen (secondary N) is 1. The maximum absolute atomic E-state index is 11.5. The van der Waals surface area contributed by atoms with Crippen LogP contribution < -0.4 is 5.73 Å². The van der Waals surface area contributed by atoms with E-state index in [0.717, 1.165) is 47.9 Å². The first-order valence-corrected chi connectivity index (χ1v) is 19.1. The molecular formula is C46H59N3O2. The predicted octanol–water partition coefficient (Wildman–Crippen LogP) is 9.59. The lowest BCUT2D eigenvalue weighted by Gasteiger charge is -2.39. The van der Waals surface area contributed by atoms with Crippen LogP contribution >= 0.6 is 0 Å². The zero-order chi connectivity index (χ0) is 36.4. The minimum atomic E-state index is -0.834. The van der Waals surface area contributed by atoms with E-state index < -0.39 is 12.2 Å². The summed E-state index contributed by atoms with van der Waals surface area (Å²) < 4.78 is 0. The Morgan fingerprint density at radius 2 is 1.82 bits per heavy atom. The number of hydrogen-bond donors (Lipinski definition) is 4. The number of aromatic amines is 1. The van der Waals surface area contributed by atoms with Gasteiger partial charge in [0.1, 0.15) is 5.84 Å². The quantitative estimate of drug-likeness (QED) is 0.156. The Hall–Kier alpha value is -3.89. The van der Waals surface area contributed by atoms with Gasteiger partial charge in [0.05, 0.1) is 18.4 Å². The summed E-state index contributed by atoms with van der Waals surface area (Å²) >= 11 is 0. The summed E-state index contributed by atoms with van der Waals surface area (Å²) in [5, 5.41) is 24.1. The molecule has 270 valence electrons. The highest BCUT2D eigenvalue weighted by Gasteiger charge is 2.47. The molecule has 51 heavy (non-hydrogen) atoms. The highest BCUT2D eigenvalue weighted by Crippen LogP contribution is 2.49. The normalized spacial score (nSPS) is 28.2. The van der Waals surface area contributed by atoms with Gasteiger partial charge in [0.15, 0.2) is 0 Å². The molecule has 0 amide bonds. The molecular weight excluding hydrogens is 627 g/mol. The van der Waals surface area contributed by atoms with E-state index in [1.807, 2.05) is 18.2 Å². The Labute approximate surface area is 305 Å². The molecule has 5 nitrogen and oxygen atoms in total. The SMILES string of the molecule is C=C(CC1CC(C2C(=C)C=CC3=C2CC=C=CN=C3N)C(O)C1O)C(CC1CC(Cc2cccc3cc(C(C)(C)C)ccc3[nH]cc2)C1)C(C)C. The van der Waals surface area contributed by atoms with Crippen LogP contribution in [0.1, 0.15) is 84.3 Å².